The standard InChI is InChI=1S/C39H55N9O13S/c1-22(2)29(45-31(53)26(12-13-28(50)51)44-33(55)38-14-6-15-39(38,21-38)48-27(49)20-62-37(48)60)32(54)43-25(7-5-16-41-34(40)56)30(52)42-24-10-8-23(9-11-24)19-61-36(59)47(4)18-17-46(3)35(57)58/h8-11,22,25-26,29H,5-7,12-21H2,1-4H3,(H,42,52)(H,43,54)(H,44,55)(H,45,53)(H,50,51)(H,57,58)(H3,40,41,56)/t25-,26-,29-,38?,39?/m0/s1. The first-order chi connectivity index (χ1) is 29.2. The number of nitrogens with one attached hydrogen (secondary N) is 5. The summed E-state index contributed by atoms with van der Waals surface area (Å²) in [7, 11) is 2.84. The molecule has 1 heterocycles. The summed E-state index contributed by atoms with van der Waals surface area (Å²) in [6.45, 7) is 3.40. The third-order valence-corrected chi connectivity index (χ3v) is 12.1. The highest BCUT2D eigenvalue weighted by Crippen LogP contribution is 2.70. The van der Waals surface area contributed by atoms with Crippen LogP contribution in [-0.4, -0.2) is 147 Å². The normalized spacial score (nSPS) is 20.2. The summed E-state index contributed by atoms with van der Waals surface area (Å²) in [6.07, 6.45) is -0.869. The van der Waals surface area contributed by atoms with Gasteiger partial charge in [-0.2, -0.15) is 0 Å². The molecule has 2 unspecified atom stereocenters. The summed E-state index contributed by atoms with van der Waals surface area (Å²) < 4.78 is 5.29. The number of benzene rings is 1. The summed E-state index contributed by atoms with van der Waals surface area (Å²) in [5.74, 6) is -5.09. The maximum absolute atomic E-state index is 13.9. The molecule has 5 atom stereocenters. The highest BCUT2D eigenvalue weighted by Gasteiger charge is 2.79. The molecule has 62 heavy (non-hydrogen) atoms. The molecule has 22 nitrogen and oxygen atoms in total. The molecule has 9 N–H and O–H groups in total. The van der Waals surface area contributed by atoms with E-state index in [9.17, 15) is 53.1 Å². The summed E-state index contributed by atoms with van der Waals surface area (Å²) in [5, 5.41) is 31.1. The molecule has 2 aliphatic carbocycles. The first-order valence-electron chi connectivity index (χ1n) is 20.1. The van der Waals surface area contributed by atoms with Crippen molar-refractivity contribution >= 4 is 76.4 Å². The summed E-state index contributed by atoms with van der Waals surface area (Å²) >= 11 is 0.861. The van der Waals surface area contributed by atoms with Crippen molar-refractivity contribution in [1.82, 2.24) is 36.0 Å². The highest BCUT2D eigenvalue weighted by molar-refractivity contribution is 8.14. The van der Waals surface area contributed by atoms with Crippen LogP contribution in [0.2, 0.25) is 0 Å². The number of carbonyl (C=O) groups excluding carboxylic acids is 8. The molecular formula is C39H55N9O13S. The Balaban J connectivity index is 1.41. The van der Waals surface area contributed by atoms with Gasteiger partial charge in [0.15, 0.2) is 0 Å². The zero-order valence-corrected chi connectivity index (χ0v) is 35.8. The SMILES string of the molecule is CC(C)[C@H](NC(=O)[C@H](CCC(=O)O)NC(=O)C12CCCC1(N1C(=O)CSC1=O)C2)C(=O)N[C@@H](CCCNC(N)=O)C(=O)Nc1ccc(COC(=O)N(C)CCN(C)C(=O)O)cc1. The molecule has 10 amide bonds. The van der Waals surface area contributed by atoms with E-state index in [0.717, 1.165) is 21.6 Å². The number of rotatable bonds is 22. The molecule has 1 aliphatic heterocycles. The fraction of sp³-hybridized carbons (Fsp3) is 0.590. The first-order valence-corrected chi connectivity index (χ1v) is 21.1. The number of carboxylic acid groups (broad SMARTS) is 2. The Kier molecular flexibility index (Phi) is 16.5. The highest BCUT2D eigenvalue weighted by atomic mass is 32.2. The molecule has 340 valence electrons. The number of aliphatic carboxylic acids is 1. The van der Waals surface area contributed by atoms with Gasteiger partial charge < -0.3 is 57.1 Å². The van der Waals surface area contributed by atoms with Crippen LogP contribution >= 0.6 is 11.8 Å². The number of nitrogens with two attached hydrogens (primary N) is 1. The van der Waals surface area contributed by atoms with E-state index in [1.54, 1.807) is 38.1 Å². The summed E-state index contributed by atoms with van der Waals surface area (Å²) in [5.41, 5.74) is 3.92. The number of likely N-dealkylation sites (N-methyl/N-ethyl adjacent to an activating group) is 2. The number of anilines is 1. The molecule has 3 fully saturated rings. The van der Waals surface area contributed by atoms with E-state index in [0.29, 0.717) is 30.5 Å². The minimum atomic E-state index is -1.41. The fourth-order valence-corrected chi connectivity index (χ4v) is 8.47. The van der Waals surface area contributed by atoms with Crippen LogP contribution in [0.5, 0.6) is 0 Å². The van der Waals surface area contributed by atoms with Crippen molar-refractivity contribution < 1.29 is 62.9 Å². The van der Waals surface area contributed by atoms with Crippen LogP contribution in [0, 0.1) is 11.3 Å². The van der Waals surface area contributed by atoms with Gasteiger partial charge in [0.05, 0.1) is 16.7 Å². The number of imide groups is 1. The Morgan fingerprint density at radius 1 is 0.887 bits per heavy atom. The largest absolute Gasteiger partial charge is 0.481 e. The van der Waals surface area contributed by atoms with Crippen molar-refractivity contribution in [2.24, 2.45) is 17.1 Å². The average molecular weight is 890 g/mol. The molecule has 1 saturated heterocycles. The molecular weight excluding hydrogens is 835 g/mol. The van der Waals surface area contributed by atoms with Crippen molar-refractivity contribution in [1.29, 1.82) is 0 Å². The van der Waals surface area contributed by atoms with Crippen molar-refractivity contribution in [3.63, 3.8) is 0 Å². The summed E-state index contributed by atoms with van der Waals surface area (Å²) in [4.78, 5) is 130. The topological polar surface area (TPSA) is 316 Å². The Morgan fingerprint density at radius 2 is 1.55 bits per heavy atom. The molecule has 0 bridgehead atoms. The van der Waals surface area contributed by atoms with E-state index in [2.05, 4.69) is 26.6 Å². The van der Waals surface area contributed by atoms with E-state index < -0.39 is 100 Å². The fourth-order valence-electron chi connectivity index (χ4n) is 7.69. The van der Waals surface area contributed by atoms with Gasteiger partial charge in [-0.1, -0.05) is 37.7 Å². The second kappa shape index (κ2) is 21.1. The van der Waals surface area contributed by atoms with Gasteiger partial charge in [-0.15, -0.1) is 0 Å². The quantitative estimate of drug-likeness (QED) is 0.0760. The van der Waals surface area contributed by atoms with Crippen molar-refractivity contribution in [3.05, 3.63) is 29.8 Å². The van der Waals surface area contributed by atoms with E-state index >= 15 is 0 Å². The predicted octanol–water partition coefficient (Wildman–Crippen LogP) is 1.24. The molecule has 23 heteroatoms. The lowest BCUT2D eigenvalue weighted by Gasteiger charge is -2.29. The van der Waals surface area contributed by atoms with Gasteiger partial charge in [0.2, 0.25) is 29.5 Å². The van der Waals surface area contributed by atoms with Crippen molar-refractivity contribution in [2.75, 3.05) is 44.8 Å². The third kappa shape index (κ3) is 12.0. The van der Waals surface area contributed by atoms with E-state index in [1.165, 1.54) is 19.0 Å². The number of primary amides is 1. The zero-order valence-electron chi connectivity index (χ0n) is 35.0. The smallest absolute Gasteiger partial charge is 0.409 e. The number of thioether (sulfide) groups is 1. The van der Waals surface area contributed by atoms with Gasteiger partial charge in [0.1, 0.15) is 24.7 Å². The number of amides is 10. The minimum absolute atomic E-state index is 0.0160. The number of carbonyl (C=O) groups is 10. The lowest BCUT2D eigenvalue weighted by atomic mass is 9.98. The molecule has 4 rings (SSSR count). The Bertz CT molecular complexity index is 1900. The van der Waals surface area contributed by atoms with Crippen molar-refractivity contribution in [3.8, 4) is 0 Å². The lowest BCUT2D eigenvalue weighted by Crippen LogP contribution is -2.58. The van der Waals surface area contributed by atoms with Crippen LogP contribution < -0.4 is 32.3 Å². The number of carboxylic acids is 1. The maximum atomic E-state index is 13.9. The number of nitrogens with zero attached hydrogens (tertiary/aromatic N) is 3. The Labute approximate surface area is 361 Å². The van der Waals surface area contributed by atoms with E-state index in [4.69, 9.17) is 15.6 Å². The second-order valence-electron chi connectivity index (χ2n) is 16.0. The molecule has 0 radical (unpaired) electrons. The van der Waals surface area contributed by atoms with Crippen LogP contribution in [0.1, 0.15) is 70.8 Å². The third-order valence-electron chi connectivity index (χ3n) is 11.3. The lowest BCUT2D eigenvalue weighted by molar-refractivity contribution is -0.139. The van der Waals surface area contributed by atoms with Gasteiger partial charge in [-0.05, 0) is 68.6 Å². The second-order valence-corrected chi connectivity index (χ2v) is 16.9. The number of urea groups is 1. The monoisotopic (exact) mass is 889 g/mol. The Hall–Kier alpha value is -6.13. The minimum Gasteiger partial charge on any atom is -0.481 e. The number of fused-ring (bicyclic) bond motifs is 1. The van der Waals surface area contributed by atoms with Gasteiger partial charge in [-0.3, -0.25) is 38.5 Å². The summed E-state index contributed by atoms with van der Waals surface area (Å²) in [6, 6.07) is 1.60. The zero-order chi connectivity index (χ0) is 45.9. The van der Waals surface area contributed by atoms with Crippen LogP contribution in [0.15, 0.2) is 24.3 Å². The molecule has 0 spiro atoms. The van der Waals surface area contributed by atoms with Gasteiger partial charge in [-0.25, -0.2) is 14.4 Å². The van der Waals surface area contributed by atoms with E-state index in [-0.39, 0.29) is 57.7 Å². The van der Waals surface area contributed by atoms with Gasteiger partial charge in [0, 0.05) is 45.8 Å². The average Bonchev–Trinajstić information content (AvgIpc) is 3.50. The first kappa shape index (κ1) is 48.5. The molecule has 0 aromatic heterocycles. The molecule has 1 aromatic rings. The van der Waals surface area contributed by atoms with Crippen LogP contribution in [0.3, 0.4) is 0 Å². The Morgan fingerprint density at radius 3 is 2.15 bits per heavy atom. The predicted molar refractivity (Wildman–Crippen MR) is 221 cm³/mol. The molecule has 2 saturated carbocycles. The van der Waals surface area contributed by atoms with Gasteiger partial charge in [0.25, 0.3) is 5.24 Å². The van der Waals surface area contributed by atoms with Crippen LogP contribution in [-0.2, 0) is 40.1 Å². The number of ether oxygens (including phenoxy) is 1. The molecule has 3 aliphatic rings. The number of hydrogen-bond acceptors (Lipinski definition) is 12. The van der Waals surface area contributed by atoms with E-state index in [1.807, 2.05) is 0 Å². The van der Waals surface area contributed by atoms with Crippen molar-refractivity contribution in [2.45, 2.75) is 95.5 Å². The molecule has 1 aromatic carbocycles. The van der Waals surface area contributed by atoms with Gasteiger partial charge >= 0.3 is 24.2 Å². The maximum Gasteiger partial charge on any atom is 0.409 e. The number of hydrogen-bond donors (Lipinski definition) is 8. The van der Waals surface area contributed by atoms with Crippen LogP contribution in [0.4, 0.5) is 24.9 Å². The van der Waals surface area contributed by atoms with Crippen LogP contribution in [0.25, 0.3) is 0 Å².